The van der Waals surface area contributed by atoms with Gasteiger partial charge in [0.25, 0.3) is 0 Å². The summed E-state index contributed by atoms with van der Waals surface area (Å²) in [4.78, 5) is 0. The molecule has 1 rings (SSSR count). The highest BCUT2D eigenvalue weighted by Gasteiger charge is 2.21. The molecule has 1 aromatic rings. The highest BCUT2D eigenvalue weighted by molar-refractivity contribution is 5.27. The van der Waals surface area contributed by atoms with Crippen molar-refractivity contribution in [2.45, 2.75) is 39.1 Å². The van der Waals surface area contributed by atoms with Gasteiger partial charge in [0.2, 0.25) is 0 Å². The summed E-state index contributed by atoms with van der Waals surface area (Å²) in [5, 5.41) is 18.4. The van der Waals surface area contributed by atoms with Crippen molar-refractivity contribution in [1.82, 2.24) is 0 Å². The van der Waals surface area contributed by atoms with Crippen molar-refractivity contribution in [2.24, 2.45) is 0 Å². The number of aliphatic hydroxyl groups excluding tert-OH is 2. The van der Waals surface area contributed by atoms with Gasteiger partial charge in [-0.25, -0.2) is 8.78 Å². The summed E-state index contributed by atoms with van der Waals surface area (Å²) >= 11 is 0. The Labute approximate surface area is 105 Å². The Bertz CT molecular complexity index is 407. The van der Waals surface area contributed by atoms with Crippen LogP contribution in [0.4, 0.5) is 8.78 Å². The Kier molecular flexibility index (Phi) is 5.19. The minimum atomic E-state index is -0.873. The predicted octanol–water partition coefficient (Wildman–Crippen LogP) is 2.09. The van der Waals surface area contributed by atoms with Gasteiger partial charge in [-0.3, -0.25) is 0 Å². The quantitative estimate of drug-likeness (QED) is 0.852. The second-order valence-corrected chi connectivity index (χ2v) is 4.36. The van der Waals surface area contributed by atoms with Crippen LogP contribution in [0.25, 0.3) is 0 Å². The molecule has 0 bridgehead atoms. The van der Waals surface area contributed by atoms with E-state index in [4.69, 9.17) is 9.84 Å². The maximum atomic E-state index is 13.6. The van der Waals surface area contributed by atoms with Gasteiger partial charge < -0.3 is 14.9 Å². The summed E-state index contributed by atoms with van der Waals surface area (Å²) in [5.41, 5.74) is 0.521. The lowest BCUT2D eigenvalue weighted by molar-refractivity contribution is -0.0889. The number of ether oxygens (including phenoxy) is 1. The summed E-state index contributed by atoms with van der Waals surface area (Å²) in [6, 6.07) is 2.17. The van der Waals surface area contributed by atoms with Gasteiger partial charge in [0, 0.05) is 11.6 Å². The van der Waals surface area contributed by atoms with Gasteiger partial charge in [-0.1, -0.05) is 0 Å². The van der Waals surface area contributed by atoms with E-state index in [2.05, 4.69) is 0 Å². The van der Waals surface area contributed by atoms with Crippen molar-refractivity contribution in [1.29, 1.82) is 0 Å². The van der Waals surface area contributed by atoms with Gasteiger partial charge in [0.15, 0.2) is 0 Å². The van der Waals surface area contributed by atoms with Crippen LogP contribution in [0.2, 0.25) is 0 Å². The molecule has 0 radical (unpaired) electrons. The monoisotopic (exact) mass is 260 g/mol. The van der Waals surface area contributed by atoms with Crippen LogP contribution in [0.3, 0.4) is 0 Å². The standard InChI is InChI=1S/C13H18F2O3/c1-7-4-10(12(15)5-11(7)14)9(3)18-13(6-16)8(2)17/h4-5,8-9,13,16-17H,6H2,1-3H3. The minimum Gasteiger partial charge on any atom is -0.394 e. The topological polar surface area (TPSA) is 49.7 Å². The van der Waals surface area contributed by atoms with Crippen molar-refractivity contribution in [3.8, 4) is 0 Å². The number of rotatable bonds is 5. The third-order valence-electron chi connectivity index (χ3n) is 2.81. The van der Waals surface area contributed by atoms with E-state index >= 15 is 0 Å². The van der Waals surface area contributed by atoms with E-state index in [1.54, 1.807) is 6.92 Å². The molecule has 0 aliphatic carbocycles. The highest BCUT2D eigenvalue weighted by atomic mass is 19.1. The molecule has 0 heterocycles. The lowest BCUT2D eigenvalue weighted by Gasteiger charge is -2.23. The second-order valence-electron chi connectivity index (χ2n) is 4.36. The molecule has 0 fully saturated rings. The van der Waals surface area contributed by atoms with E-state index in [0.717, 1.165) is 6.07 Å². The Hall–Kier alpha value is -1.04. The second kappa shape index (κ2) is 6.22. The first kappa shape index (κ1) is 15.0. The van der Waals surface area contributed by atoms with Crippen molar-refractivity contribution in [3.63, 3.8) is 0 Å². The predicted molar refractivity (Wildman–Crippen MR) is 63.1 cm³/mol. The number of aryl methyl sites for hydroxylation is 1. The number of hydrogen-bond acceptors (Lipinski definition) is 3. The fourth-order valence-corrected chi connectivity index (χ4v) is 1.64. The number of halogens is 2. The number of hydrogen-bond donors (Lipinski definition) is 2. The van der Waals surface area contributed by atoms with E-state index in [9.17, 15) is 13.9 Å². The number of aliphatic hydroxyl groups is 2. The zero-order chi connectivity index (χ0) is 13.9. The van der Waals surface area contributed by atoms with E-state index in [1.807, 2.05) is 0 Å². The molecule has 0 saturated carbocycles. The van der Waals surface area contributed by atoms with Crippen molar-refractivity contribution in [2.75, 3.05) is 6.61 Å². The molecule has 0 spiro atoms. The zero-order valence-electron chi connectivity index (χ0n) is 10.7. The first-order chi connectivity index (χ1) is 8.36. The average Bonchev–Trinajstić information content (AvgIpc) is 2.29. The first-order valence-electron chi connectivity index (χ1n) is 5.76. The molecule has 18 heavy (non-hydrogen) atoms. The summed E-state index contributed by atoms with van der Waals surface area (Å²) in [5.74, 6) is -1.31. The molecule has 2 N–H and O–H groups in total. The minimum absolute atomic E-state index is 0.202. The lowest BCUT2D eigenvalue weighted by Crippen LogP contribution is -2.31. The van der Waals surface area contributed by atoms with Crippen LogP contribution in [0, 0.1) is 18.6 Å². The maximum absolute atomic E-state index is 13.6. The van der Waals surface area contributed by atoms with Gasteiger partial charge in [0.05, 0.1) is 18.8 Å². The third kappa shape index (κ3) is 3.48. The first-order valence-corrected chi connectivity index (χ1v) is 5.76. The molecular weight excluding hydrogens is 242 g/mol. The molecule has 0 saturated heterocycles. The fraction of sp³-hybridized carbons (Fsp3) is 0.538. The van der Waals surface area contributed by atoms with Crippen molar-refractivity contribution >= 4 is 0 Å². The molecule has 1 aromatic carbocycles. The Morgan fingerprint density at radius 2 is 1.83 bits per heavy atom. The van der Waals surface area contributed by atoms with Crippen LogP contribution >= 0.6 is 0 Å². The summed E-state index contributed by atoms with van der Waals surface area (Å²) in [6.07, 6.45) is -2.36. The molecule has 3 unspecified atom stereocenters. The maximum Gasteiger partial charge on any atom is 0.131 e. The lowest BCUT2D eigenvalue weighted by atomic mass is 10.1. The van der Waals surface area contributed by atoms with E-state index in [0.29, 0.717) is 5.56 Å². The molecule has 3 nitrogen and oxygen atoms in total. The van der Waals surface area contributed by atoms with Gasteiger partial charge in [-0.2, -0.15) is 0 Å². The highest BCUT2D eigenvalue weighted by Crippen LogP contribution is 2.25. The van der Waals surface area contributed by atoms with Crippen molar-refractivity contribution in [3.05, 3.63) is 34.9 Å². The van der Waals surface area contributed by atoms with Crippen LogP contribution < -0.4 is 0 Å². The van der Waals surface area contributed by atoms with Gasteiger partial charge >= 0.3 is 0 Å². The van der Waals surface area contributed by atoms with Crippen LogP contribution in [-0.2, 0) is 4.74 Å². The summed E-state index contributed by atoms with van der Waals surface area (Å²) in [7, 11) is 0. The van der Waals surface area contributed by atoms with Gasteiger partial charge in [-0.05, 0) is 32.4 Å². The summed E-state index contributed by atoms with van der Waals surface area (Å²) in [6.45, 7) is 4.22. The van der Waals surface area contributed by atoms with Crippen molar-refractivity contribution < 1.29 is 23.7 Å². The largest absolute Gasteiger partial charge is 0.394 e. The third-order valence-corrected chi connectivity index (χ3v) is 2.81. The SMILES string of the molecule is Cc1cc(C(C)OC(CO)C(C)O)c(F)cc1F. The molecule has 5 heteroatoms. The van der Waals surface area contributed by atoms with Crippen LogP contribution in [0.1, 0.15) is 31.1 Å². The summed E-state index contributed by atoms with van der Waals surface area (Å²) < 4.78 is 32.1. The Morgan fingerprint density at radius 1 is 1.22 bits per heavy atom. The molecule has 0 amide bonds. The van der Waals surface area contributed by atoms with Crippen LogP contribution in [0.15, 0.2) is 12.1 Å². The Morgan fingerprint density at radius 3 is 2.33 bits per heavy atom. The molecule has 102 valence electrons. The van der Waals surface area contributed by atoms with E-state index in [1.165, 1.54) is 19.9 Å². The molecule has 0 aromatic heterocycles. The molecule has 0 aliphatic heterocycles. The van der Waals surface area contributed by atoms with Crippen LogP contribution in [-0.4, -0.2) is 29.0 Å². The smallest absolute Gasteiger partial charge is 0.131 e. The Balaban J connectivity index is 2.90. The van der Waals surface area contributed by atoms with Gasteiger partial charge in [0.1, 0.15) is 17.7 Å². The zero-order valence-corrected chi connectivity index (χ0v) is 10.7. The van der Waals surface area contributed by atoms with E-state index < -0.39 is 29.9 Å². The average molecular weight is 260 g/mol. The normalized spacial score (nSPS) is 16.4. The fourth-order valence-electron chi connectivity index (χ4n) is 1.64. The molecule has 0 aliphatic rings. The van der Waals surface area contributed by atoms with E-state index in [-0.39, 0.29) is 12.2 Å². The molecular formula is C13H18F2O3. The van der Waals surface area contributed by atoms with Crippen LogP contribution in [0.5, 0.6) is 0 Å². The van der Waals surface area contributed by atoms with Gasteiger partial charge in [-0.15, -0.1) is 0 Å². The number of benzene rings is 1. The molecule has 3 atom stereocenters.